The highest BCUT2D eigenvalue weighted by Crippen LogP contribution is 2.28. The Kier molecular flexibility index (Phi) is 5.55. The van der Waals surface area contributed by atoms with Gasteiger partial charge in [0, 0.05) is 18.4 Å². The monoisotopic (exact) mass is 466 g/mol. The van der Waals surface area contributed by atoms with Crippen molar-refractivity contribution in [3.05, 3.63) is 79.8 Å². The van der Waals surface area contributed by atoms with Gasteiger partial charge in [-0.3, -0.25) is 4.79 Å². The first kappa shape index (κ1) is 20.9. The van der Waals surface area contributed by atoms with E-state index in [-0.39, 0.29) is 5.56 Å². The van der Waals surface area contributed by atoms with Crippen LogP contribution in [0.4, 0.5) is 11.6 Å². The number of benzene rings is 2. The molecule has 0 amide bonds. The van der Waals surface area contributed by atoms with E-state index in [1.54, 1.807) is 18.2 Å². The molecule has 4 aromatic rings. The molecule has 2 aromatic carbocycles. The minimum absolute atomic E-state index is 0.342. The fourth-order valence-corrected chi connectivity index (χ4v) is 4.47. The summed E-state index contributed by atoms with van der Waals surface area (Å²) in [5.74, 6) is 0.408. The highest BCUT2D eigenvalue weighted by molar-refractivity contribution is 6.37. The van der Waals surface area contributed by atoms with E-state index in [0.717, 1.165) is 25.2 Å². The van der Waals surface area contributed by atoms with Crippen molar-refractivity contribution in [1.82, 2.24) is 25.1 Å². The Labute approximate surface area is 194 Å². The summed E-state index contributed by atoms with van der Waals surface area (Å²) in [5, 5.41) is 12.2. The van der Waals surface area contributed by atoms with Gasteiger partial charge in [-0.25, -0.2) is 9.97 Å². The summed E-state index contributed by atoms with van der Waals surface area (Å²) in [6.07, 6.45) is 3.12. The van der Waals surface area contributed by atoms with Crippen LogP contribution in [0.1, 0.15) is 23.7 Å². The van der Waals surface area contributed by atoms with Crippen LogP contribution in [0.2, 0.25) is 10.0 Å². The van der Waals surface area contributed by atoms with E-state index in [0.29, 0.717) is 44.7 Å². The summed E-state index contributed by atoms with van der Waals surface area (Å²) < 4.78 is 1.23. The van der Waals surface area contributed by atoms with Crippen molar-refractivity contribution in [1.29, 1.82) is 0 Å². The molecule has 32 heavy (non-hydrogen) atoms. The summed E-state index contributed by atoms with van der Waals surface area (Å²) in [6.45, 7) is 3.80. The maximum absolute atomic E-state index is 13.2. The van der Waals surface area contributed by atoms with Crippen molar-refractivity contribution in [2.24, 2.45) is 0 Å². The number of hydrogen-bond acceptors (Lipinski definition) is 6. The van der Waals surface area contributed by atoms with E-state index in [4.69, 9.17) is 23.2 Å². The van der Waals surface area contributed by atoms with Gasteiger partial charge in [-0.05, 0) is 54.8 Å². The normalized spacial score (nSPS) is 13.2. The van der Waals surface area contributed by atoms with Gasteiger partial charge in [-0.2, -0.15) is 9.78 Å². The molecule has 7 nitrogen and oxygen atoms in total. The van der Waals surface area contributed by atoms with Gasteiger partial charge in [0.15, 0.2) is 0 Å². The van der Waals surface area contributed by atoms with E-state index < -0.39 is 0 Å². The van der Waals surface area contributed by atoms with Crippen LogP contribution in [-0.4, -0.2) is 26.3 Å². The Morgan fingerprint density at radius 3 is 2.75 bits per heavy atom. The van der Waals surface area contributed by atoms with Gasteiger partial charge in [0.05, 0.1) is 21.1 Å². The van der Waals surface area contributed by atoms with E-state index in [2.05, 4.69) is 37.8 Å². The predicted molar refractivity (Wildman–Crippen MR) is 127 cm³/mol. The van der Waals surface area contributed by atoms with E-state index in [9.17, 15) is 4.79 Å². The Hall–Kier alpha value is -3.00. The first-order valence-corrected chi connectivity index (χ1v) is 11.1. The molecule has 1 aliphatic rings. The van der Waals surface area contributed by atoms with Crippen LogP contribution in [0.3, 0.4) is 0 Å². The summed E-state index contributed by atoms with van der Waals surface area (Å²) in [4.78, 5) is 22.2. The zero-order valence-electron chi connectivity index (χ0n) is 17.3. The van der Waals surface area contributed by atoms with Crippen molar-refractivity contribution in [3.8, 4) is 5.69 Å². The lowest BCUT2D eigenvalue weighted by molar-refractivity contribution is 0.644. The first-order chi connectivity index (χ1) is 15.5. The molecule has 0 saturated heterocycles. The molecule has 1 aliphatic heterocycles. The summed E-state index contributed by atoms with van der Waals surface area (Å²) in [5.41, 5.74) is 4.64. The summed E-state index contributed by atoms with van der Waals surface area (Å²) in [7, 11) is 0. The smallest absolute Gasteiger partial charge is 0.282 e. The van der Waals surface area contributed by atoms with Gasteiger partial charge in [0.1, 0.15) is 11.2 Å². The molecule has 0 fully saturated rings. The van der Waals surface area contributed by atoms with Gasteiger partial charge >= 0.3 is 0 Å². The summed E-state index contributed by atoms with van der Waals surface area (Å²) in [6, 6.07) is 11.3. The molecule has 5 rings (SSSR count). The van der Waals surface area contributed by atoms with Gasteiger partial charge in [0.25, 0.3) is 5.56 Å². The van der Waals surface area contributed by atoms with E-state index in [1.807, 2.05) is 13.0 Å². The summed E-state index contributed by atoms with van der Waals surface area (Å²) >= 11 is 12.6. The lowest BCUT2D eigenvalue weighted by atomic mass is 10.0. The number of aryl methyl sites for hydroxylation is 1. The Morgan fingerprint density at radius 1 is 1.16 bits per heavy atom. The number of nitrogens with zero attached hydrogens (tertiary/aromatic N) is 4. The van der Waals surface area contributed by atoms with Crippen molar-refractivity contribution < 1.29 is 0 Å². The van der Waals surface area contributed by atoms with Crippen molar-refractivity contribution >= 4 is 45.7 Å². The van der Waals surface area contributed by atoms with Gasteiger partial charge < -0.3 is 10.6 Å². The molecule has 0 radical (unpaired) electrons. The fraction of sp³-hybridized carbons (Fsp3) is 0.217. The standard InChI is InChI=1S/C23H20Cl2N6O/c1-2-19-20-16(22(32)31(30-19)21-17(24)4-3-5-18(21)25)12-27-23(29-20)28-15-7-6-13-8-9-26-11-14(13)10-15/h3-7,10,12,26H,2,8-9,11H2,1H3,(H,27,28,29). The molecule has 0 aliphatic carbocycles. The Balaban J connectivity index is 1.58. The van der Waals surface area contributed by atoms with Crippen molar-refractivity contribution in [2.45, 2.75) is 26.3 Å². The fourth-order valence-electron chi connectivity index (χ4n) is 3.91. The predicted octanol–water partition coefficient (Wildman–Crippen LogP) is 4.43. The minimum atomic E-state index is -0.376. The molecule has 162 valence electrons. The molecule has 2 aromatic heterocycles. The molecule has 0 bridgehead atoms. The number of aromatic nitrogens is 4. The highest BCUT2D eigenvalue weighted by Gasteiger charge is 2.18. The zero-order valence-corrected chi connectivity index (χ0v) is 18.8. The molecule has 0 spiro atoms. The lowest BCUT2D eigenvalue weighted by Gasteiger charge is -2.18. The van der Waals surface area contributed by atoms with Crippen molar-refractivity contribution in [2.75, 3.05) is 11.9 Å². The minimum Gasteiger partial charge on any atom is -0.324 e. The second-order valence-electron chi connectivity index (χ2n) is 7.58. The van der Waals surface area contributed by atoms with Crippen LogP contribution in [-0.2, 0) is 19.4 Å². The van der Waals surface area contributed by atoms with Gasteiger partial charge in [0.2, 0.25) is 5.95 Å². The van der Waals surface area contributed by atoms with Crippen LogP contribution in [0, 0.1) is 0 Å². The maximum atomic E-state index is 13.2. The molecular formula is C23H20Cl2N6O. The Morgan fingerprint density at radius 2 is 1.97 bits per heavy atom. The Bertz CT molecular complexity index is 1380. The number of rotatable bonds is 4. The third-order valence-corrected chi connectivity index (χ3v) is 6.15. The average molecular weight is 467 g/mol. The van der Waals surface area contributed by atoms with E-state index >= 15 is 0 Å². The lowest BCUT2D eigenvalue weighted by Crippen LogP contribution is -2.24. The quantitative estimate of drug-likeness (QED) is 0.462. The SMILES string of the molecule is CCc1nn(-c2c(Cl)cccc2Cl)c(=O)c2cnc(Nc3ccc4c(c3)CNCC4)nc12. The number of fused-ring (bicyclic) bond motifs is 2. The van der Waals surface area contributed by atoms with Gasteiger partial charge in [-0.1, -0.05) is 42.3 Å². The van der Waals surface area contributed by atoms with Crippen LogP contribution in [0.15, 0.2) is 47.4 Å². The molecule has 3 heterocycles. The van der Waals surface area contributed by atoms with Gasteiger partial charge in [-0.15, -0.1) is 0 Å². The highest BCUT2D eigenvalue weighted by atomic mass is 35.5. The third kappa shape index (κ3) is 3.72. The molecule has 9 heteroatoms. The van der Waals surface area contributed by atoms with Crippen LogP contribution in [0.5, 0.6) is 0 Å². The number of anilines is 2. The number of nitrogens with one attached hydrogen (secondary N) is 2. The van der Waals surface area contributed by atoms with E-state index in [1.165, 1.54) is 22.0 Å². The second kappa shape index (κ2) is 8.50. The van der Waals surface area contributed by atoms with Crippen LogP contribution >= 0.6 is 23.2 Å². The van der Waals surface area contributed by atoms with Crippen LogP contribution in [0.25, 0.3) is 16.6 Å². The zero-order chi connectivity index (χ0) is 22.2. The molecule has 0 atom stereocenters. The molecular weight excluding hydrogens is 447 g/mol. The number of para-hydroxylation sites is 1. The van der Waals surface area contributed by atoms with Crippen molar-refractivity contribution in [3.63, 3.8) is 0 Å². The molecule has 0 unspecified atom stereocenters. The third-order valence-electron chi connectivity index (χ3n) is 5.54. The number of hydrogen-bond donors (Lipinski definition) is 2. The second-order valence-corrected chi connectivity index (χ2v) is 8.39. The topological polar surface area (TPSA) is 84.7 Å². The molecule has 0 saturated carbocycles. The largest absolute Gasteiger partial charge is 0.324 e. The molecule has 2 N–H and O–H groups in total. The average Bonchev–Trinajstić information content (AvgIpc) is 2.80. The maximum Gasteiger partial charge on any atom is 0.282 e. The number of halogens is 2. The first-order valence-electron chi connectivity index (χ1n) is 10.4. The van der Waals surface area contributed by atoms with Crippen LogP contribution < -0.4 is 16.2 Å².